The van der Waals surface area contributed by atoms with Crippen LogP contribution in [-0.2, 0) is 0 Å². The number of hydrogen-bond acceptors (Lipinski definition) is 2. The molecule has 0 aromatic heterocycles. The minimum atomic E-state index is 0.749. The van der Waals surface area contributed by atoms with Crippen LogP contribution >= 0.6 is 0 Å². The first-order valence-electron chi connectivity index (χ1n) is 4.71. The molecule has 0 aromatic carbocycles. The molecule has 0 radical (unpaired) electrons. The molecule has 0 saturated heterocycles. The molecule has 2 rings (SSSR count). The van der Waals surface area contributed by atoms with E-state index in [1.807, 2.05) is 0 Å². The second-order valence-corrected chi connectivity index (χ2v) is 3.96. The van der Waals surface area contributed by atoms with Gasteiger partial charge in [0.1, 0.15) is 0 Å². The maximum atomic E-state index is 3.43. The molecule has 2 nitrogen and oxygen atoms in total. The summed E-state index contributed by atoms with van der Waals surface area (Å²) in [5.74, 6) is 1.92. The van der Waals surface area contributed by atoms with Gasteiger partial charge in [-0.05, 0) is 45.2 Å². The average Bonchev–Trinajstić information content (AvgIpc) is 2.60. The molecular weight excluding hydrogens is 136 g/mol. The zero-order valence-electron chi connectivity index (χ0n) is 7.43. The molecule has 2 aliphatic rings. The summed E-state index contributed by atoms with van der Waals surface area (Å²) in [4.78, 5) is 0. The molecule has 0 aromatic rings. The highest BCUT2D eigenvalue weighted by Gasteiger charge is 2.45. The fourth-order valence-electron chi connectivity index (χ4n) is 3.12. The van der Waals surface area contributed by atoms with Gasteiger partial charge in [-0.25, -0.2) is 0 Å². The van der Waals surface area contributed by atoms with Crippen molar-refractivity contribution >= 4 is 0 Å². The first kappa shape index (κ1) is 7.56. The van der Waals surface area contributed by atoms with Gasteiger partial charge in [0.05, 0.1) is 0 Å². The molecule has 2 bridgehead atoms. The molecule has 2 heteroatoms. The van der Waals surface area contributed by atoms with Crippen LogP contribution in [0.25, 0.3) is 0 Å². The molecule has 64 valence electrons. The Bertz CT molecular complexity index is 130. The maximum Gasteiger partial charge on any atom is 0.0249 e. The predicted octanol–water partition coefficient (Wildman–Crippen LogP) is 0.592. The van der Waals surface area contributed by atoms with Gasteiger partial charge in [0.2, 0.25) is 0 Å². The zero-order valence-corrected chi connectivity index (χ0v) is 7.43. The normalized spacial score (nSPS) is 48.5. The van der Waals surface area contributed by atoms with Gasteiger partial charge < -0.3 is 10.6 Å². The Morgan fingerprint density at radius 3 is 1.73 bits per heavy atom. The molecule has 0 aliphatic heterocycles. The second-order valence-electron chi connectivity index (χ2n) is 3.96. The Kier molecular flexibility index (Phi) is 1.90. The van der Waals surface area contributed by atoms with E-state index in [1.54, 1.807) is 0 Å². The summed E-state index contributed by atoms with van der Waals surface area (Å²) in [6, 6.07) is 1.50. The van der Waals surface area contributed by atoms with Crippen LogP contribution in [0.3, 0.4) is 0 Å². The smallest absolute Gasteiger partial charge is 0.0249 e. The molecule has 0 amide bonds. The van der Waals surface area contributed by atoms with E-state index in [-0.39, 0.29) is 0 Å². The molecule has 0 spiro atoms. The number of fused-ring (bicyclic) bond motifs is 2. The highest BCUT2D eigenvalue weighted by molar-refractivity contribution is 5.03. The van der Waals surface area contributed by atoms with Gasteiger partial charge >= 0.3 is 0 Å². The minimum Gasteiger partial charge on any atom is -0.315 e. The van der Waals surface area contributed by atoms with Crippen molar-refractivity contribution in [1.29, 1.82) is 0 Å². The summed E-state index contributed by atoms with van der Waals surface area (Å²) in [5, 5.41) is 6.87. The molecule has 2 saturated carbocycles. The van der Waals surface area contributed by atoms with Crippen molar-refractivity contribution in [2.75, 3.05) is 14.1 Å². The van der Waals surface area contributed by atoms with Gasteiger partial charge in [-0.1, -0.05) is 0 Å². The summed E-state index contributed by atoms with van der Waals surface area (Å²) in [5.41, 5.74) is 0. The molecule has 0 unspecified atom stereocenters. The van der Waals surface area contributed by atoms with Crippen LogP contribution in [0.4, 0.5) is 0 Å². The molecule has 2 aliphatic carbocycles. The van der Waals surface area contributed by atoms with Crippen molar-refractivity contribution in [2.24, 2.45) is 11.8 Å². The lowest BCUT2D eigenvalue weighted by Gasteiger charge is -2.30. The SMILES string of the molecule is CN[C@@H]1[C@@H]2CC[C@@H](C2)[C@H]1NC. The summed E-state index contributed by atoms with van der Waals surface area (Å²) in [7, 11) is 4.19. The summed E-state index contributed by atoms with van der Waals surface area (Å²) in [6.45, 7) is 0. The lowest BCUT2D eigenvalue weighted by atomic mass is 9.91. The van der Waals surface area contributed by atoms with E-state index in [9.17, 15) is 0 Å². The van der Waals surface area contributed by atoms with E-state index in [2.05, 4.69) is 24.7 Å². The minimum absolute atomic E-state index is 0.749. The molecule has 0 heterocycles. The van der Waals surface area contributed by atoms with E-state index in [4.69, 9.17) is 0 Å². The molecule has 11 heavy (non-hydrogen) atoms. The third-order valence-corrected chi connectivity index (χ3v) is 3.58. The number of hydrogen-bond donors (Lipinski definition) is 2. The van der Waals surface area contributed by atoms with Crippen molar-refractivity contribution in [3.05, 3.63) is 0 Å². The molecule has 4 atom stereocenters. The van der Waals surface area contributed by atoms with Crippen molar-refractivity contribution < 1.29 is 0 Å². The topological polar surface area (TPSA) is 24.1 Å². The Hall–Kier alpha value is -0.0800. The zero-order chi connectivity index (χ0) is 7.84. The standard InChI is InChI=1S/C9H18N2/c1-10-8-6-3-4-7(5-6)9(8)11-2/h6-11H,3-5H2,1-2H3/t6-,7+,8-,9-/m1/s1. The van der Waals surface area contributed by atoms with Gasteiger partial charge in [-0.3, -0.25) is 0 Å². The van der Waals surface area contributed by atoms with Gasteiger partial charge in [0, 0.05) is 12.1 Å². The van der Waals surface area contributed by atoms with Gasteiger partial charge in [-0.15, -0.1) is 0 Å². The number of likely N-dealkylation sites (N-methyl/N-ethyl adjacent to an activating group) is 2. The molecule has 2 N–H and O–H groups in total. The van der Waals surface area contributed by atoms with Crippen molar-refractivity contribution in [3.63, 3.8) is 0 Å². The van der Waals surface area contributed by atoms with Gasteiger partial charge in [0.15, 0.2) is 0 Å². The largest absolute Gasteiger partial charge is 0.315 e. The Morgan fingerprint density at radius 2 is 1.36 bits per heavy atom. The van der Waals surface area contributed by atoms with Crippen LogP contribution in [0.5, 0.6) is 0 Å². The quantitative estimate of drug-likeness (QED) is 0.608. The third kappa shape index (κ3) is 1.00. The van der Waals surface area contributed by atoms with Gasteiger partial charge in [0.25, 0.3) is 0 Å². The van der Waals surface area contributed by atoms with E-state index < -0.39 is 0 Å². The highest BCUT2D eigenvalue weighted by Crippen LogP contribution is 2.44. The summed E-state index contributed by atoms with van der Waals surface area (Å²) < 4.78 is 0. The van der Waals surface area contributed by atoms with Crippen molar-refractivity contribution in [2.45, 2.75) is 31.3 Å². The number of rotatable bonds is 2. The first-order valence-corrected chi connectivity index (χ1v) is 4.71. The fourth-order valence-corrected chi connectivity index (χ4v) is 3.12. The Morgan fingerprint density at radius 1 is 0.909 bits per heavy atom. The summed E-state index contributed by atoms with van der Waals surface area (Å²) >= 11 is 0. The second kappa shape index (κ2) is 2.76. The van der Waals surface area contributed by atoms with Crippen molar-refractivity contribution in [3.8, 4) is 0 Å². The van der Waals surface area contributed by atoms with Crippen molar-refractivity contribution in [1.82, 2.24) is 10.6 Å². The van der Waals surface area contributed by atoms with E-state index in [0.717, 1.165) is 23.9 Å². The Balaban J connectivity index is 2.08. The van der Waals surface area contributed by atoms with E-state index >= 15 is 0 Å². The van der Waals surface area contributed by atoms with Crippen LogP contribution in [0.2, 0.25) is 0 Å². The lowest BCUT2D eigenvalue weighted by molar-refractivity contribution is 0.293. The lowest BCUT2D eigenvalue weighted by Crippen LogP contribution is -2.48. The summed E-state index contributed by atoms with van der Waals surface area (Å²) in [6.07, 6.45) is 4.36. The molecular formula is C9H18N2. The van der Waals surface area contributed by atoms with Gasteiger partial charge in [-0.2, -0.15) is 0 Å². The van der Waals surface area contributed by atoms with Crippen LogP contribution < -0.4 is 10.6 Å². The maximum absolute atomic E-state index is 3.43. The Labute approximate surface area is 68.7 Å². The molecule has 2 fully saturated rings. The first-order chi connectivity index (χ1) is 5.36. The highest BCUT2D eigenvalue weighted by atomic mass is 15.0. The fraction of sp³-hybridized carbons (Fsp3) is 1.00. The monoisotopic (exact) mass is 154 g/mol. The van der Waals surface area contributed by atoms with Crippen LogP contribution in [0, 0.1) is 11.8 Å². The van der Waals surface area contributed by atoms with Crippen LogP contribution in [0.15, 0.2) is 0 Å². The van der Waals surface area contributed by atoms with Crippen LogP contribution in [-0.4, -0.2) is 26.2 Å². The average molecular weight is 154 g/mol. The van der Waals surface area contributed by atoms with E-state index in [0.29, 0.717) is 0 Å². The predicted molar refractivity (Wildman–Crippen MR) is 46.5 cm³/mol. The van der Waals surface area contributed by atoms with E-state index in [1.165, 1.54) is 19.3 Å². The number of nitrogens with one attached hydrogen (secondary N) is 2. The van der Waals surface area contributed by atoms with Crippen LogP contribution in [0.1, 0.15) is 19.3 Å². The third-order valence-electron chi connectivity index (χ3n) is 3.58.